The Kier molecular flexibility index (Phi) is 1.71. The standard InChI is InChI=1S/C6H10N4/c1-10(2)6-3-5(7)4-8-9-6/h3-4H,1-2H3,(H2,7,9). The first-order valence-electron chi connectivity index (χ1n) is 2.95. The molecule has 0 saturated heterocycles. The van der Waals surface area contributed by atoms with Crippen molar-refractivity contribution in [3.05, 3.63) is 12.3 Å². The number of hydrogen-bond acceptors (Lipinski definition) is 4. The lowest BCUT2D eigenvalue weighted by atomic mass is 10.4. The van der Waals surface area contributed by atoms with E-state index < -0.39 is 0 Å². The third-order valence-electron chi connectivity index (χ3n) is 1.12. The van der Waals surface area contributed by atoms with E-state index in [1.54, 1.807) is 6.07 Å². The topological polar surface area (TPSA) is 55.0 Å². The highest BCUT2D eigenvalue weighted by Gasteiger charge is 1.95. The van der Waals surface area contributed by atoms with Crippen molar-refractivity contribution < 1.29 is 0 Å². The van der Waals surface area contributed by atoms with Crippen LogP contribution >= 0.6 is 0 Å². The van der Waals surface area contributed by atoms with Gasteiger partial charge in [-0.2, -0.15) is 5.10 Å². The van der Waals surface area contributed by atoms with Crippen molar-refractivity contribution in [3.63, 3.8) is 0 Å². The van der Waals surface area contributed by atoms with E-state index >= 15 is 0 Å². The zero-order chi connectivity index (χ0) is 7.56. The molecule has 1 aromatic heterocycles. The Morgan fingerprint density at radius 3 is 2.60 bits per heavy atom. The first-order valence-corrected chi connectivity index (χ1v) is 2.95. The van der Waals surface area contributed by atoms with Gasteiger partial charge < -0.3 is 10.6 Å². The van der Waals surface area contributed by atoms with E-state index in [0.717, 1.165) is 5.82 Å². The second kappa shape index (κ2) is 2.51. The molecule has 0 atom stereocenters. The molecule has 0 radical (unpaired) electrons. The summed E-state index contributed by atoms with van der Waals surface area (Å²) < 4.78 is 0. The molecule has 54 valence electrons. The van der Waals surface area contributed by atoms with E-state index in [1.165, 1.54) is 6.20 Å². The lowest BCUT2D eigenvalue weighted by Gasteiger charge is -2.09. The van der Waals surface area contributed by atoms with Crippen LogP contribution < -0.4 is 10.6 Å². The van der Waals surface area contributed by atoms with Gasteiger partial charge in [0, 0.05) is 20.2 Å². The van der Waals surface area contributed by atoms with Crippen molar-refractivity contribution in [2.24, 2.45) is 0 Å². The highest BCUT2D eigenvalue weighted by atomic mass is 15.2. The summed E-state index contributed by atoms with van der Waals surface area (Å²) in [5.74, 6) is 0.778. The Hall–Kier alpha value is -1.32. The maximum atomic E-state index is 5.47. The normalized spacial score (nSPS) is 9.40. The van der Waals surface area contributed by atoms with E-state index in [9.17, 15) is 0 Å². The summed E-state index contributed by atoms with van der Waals surface area (Å²) in [5.41, 5.74) is 6.10. The highest BCUT2D eigenvalue weighted by Crippen LogP contribution is 2.07. The molecule has 0 aliphatic heterocycles. The zero-order valence-corrected chi connectivity index (χ0v) is 6.07. The SMILES string of the molecule is CN(C)c1cc(N)cnn1. The molecular weight excluding hydrogens is 128 g/mol. The van der Waals surface area contributed by atoms with Gasteiger partial charge in [0.1, 0.15) is 0 Å². The van der Waals surface area contributed by atoms with Crippen LogP contribution in [0.25, 0.3) is 0 Å². The highest BCUT2D eigenvalue weighted by molar-refractivity contribution is 5.47. The summed E-state index contributed by atoms with van der Waals surface area (Å²) in [4.78, 5) is 1.85. The number of hydrogen-bond donors (Lipinski definition) is 1. The average Bonchev–Trinajstić information content (AvgIpc) is 1.88. The Labute approximate surface area is 59.7 Å². The number of nitrogen functional groups attached to an aromatic ring is 1. The predicted molar refractivity (Wildman–Crippen MR) is 40.8 cm³/mol. The molecular formula is C6H10N4. The van der Waals surface area contributed by atoms with Gasteiger partial charge in [0.05, 0.1) is 11.9 Å². The van der Waals surface area contributed by atoms with Crippen LogP contribution in [-0.4, -0.2) is 24.3 Å². The van der Waals surface area contributed by atoms with Crippen molar-refractivity contribution in [2.45, 2.75) is 0 Å². The number of anilines is 2. The first-order chi connectivity index (χ1) is 4.70. The van der Waals surface area contributed by atoms with Crippen molar-refractivity contribution in [2.75, 3.05) is 24.7 Å². The number of aromatic nitrogens is 2. The molecule has 4 heteroatoms. The molecule has 0 saturated carbocycles. The minimum atomic E-state index is 0.638. The maximum absolute atomic E-state index is 5.47. The Morgan fingerprint density at radius 2 is 2.20 bits per heavy atom. The number of nitrogens with zero attached hydrogens (tertiary/aromatic N) is 3. The van der Waals surface area contributed by atoms with Crippen LogP contribution in [0.5, 0.6) is 0 Å². The molecule has 1 heterocycles. The summed E-state index contributed by atoms with van der Waals surface area (Å²) in [6, 6.07) is 1.77. The molecule has 0 unspecified atom stereocenters. The summed E-state index contributed by atoms with van der Waals surface area (Å²) in [5, 5.41) is 7.52. The molecule has 0 fully saturated rings. The van der Waals surface area contributed by atoms with Crippen LogP contribution in [0.2, 0.25) is 0 Å². The second-order valence-electron chi connectivity index (χ2n) is 2.24. The van der Waals surface area contributed by atoms with Crippen molar-refractivity contribution >= 4 is 11.5 Å². The third kappa shape index (κ3) is 1.34. The molecule has 0 aliphatic carbocycles. The molecule has 2 N–H and O–H groups in total. The van der Waals surface area contributed by atoms with Gasteiger partial charge in [-0.3, -0.25) is 0 Å². The Bertz CT molecular complexity index is 221. The lowest BCUT2D eigenvalue weighted by molar-refractivity contribution is 0.966. The van der Waals surface area contributed by atoms with Crippen molar-refractivity contribution in [3.8, 4) is 0 Å². The molecule has 0 amide bonds. The smallest absolute Gasteiger partial charge is 0.152 e. The summed E-state index contributed by atoms with van der Waals surface area (Å²) >= 11 is 0. The lowest BCUT2D eigenvalue weighted by Crippen LogP contribution is -2.11. The number of rotatable bonds is 1. The minimum Gasteiger partial charge on any atom is -0.397 e. The van der Waals surface area contributed by atoms with E-state index in [4.69, 9.17) is 5.73 Å². The predicted octanol–water partition coefficient (Wildman–Crippen LogP) is 0.125. The minimum absolute atomic E-state index is 0.638. The van der Waals surface area contributed by atoms with Gasteiger partial charge in [0.15, 0.2) is 5.82 Å². The van der Waals surface area contributed by atoms with E-state index in [-0.39, 0.29) is 0 Å². The van der Waals surface area contributed by atoms with Crippen LogP contribution in [0.4, 0.5) is 11.5 Å². The van der Waals surface area contributed by atoms with Crippen molar-refractivity contribution in [1.82, 2.24) is 10.2 Å². The van der Waals surface area contributed by atoms with Crippen LogP contribution in [0.15, 0.2) is 12.3 Å². The van der Waals surface area contributed by atoms with Gasteiger partial charge in [-0.15, -0.1) is 5.10 Å². The molecule has 0 aliphatic rings. The fourth-order valence-electron chi connectivity index (χ4n) is 0.588. The van der Waals surface area contributed by atoms with Gasteiger partial charge in [-0.1, -0.05) is 0 Å². The average molecular weight is 138 g/mol. The quantitative estimate of drug-likeness (QED) is 0.599. The molecule has 10 heavy (non-hydrogen) atoms. The van der Waals surface area contributed by atoms with E-state index in [2.05, 4.69) is 10.2 Å². The fourth-order valence-corrected chi connectivity index (χ4v) is 0.588. The van der Waals surface area contributed by atoms with Gasteiger partial charge in [-0.05, 0) is 0 Å². The van der Waals surface area contributed by atoms with E-state index in [0.29, 0.717) is 5.69 Å². The Morgan fingerprint density at radius 1 is 1.50 bits per heavy atom. The summed E-state index contributed by atoms with van der Waals surface area (Å²) in [6.07, 6.45) is 1.52. The largest absolute Gasteiger partial charge is 0.397 e. The van der Waals surface area contributed by atoms with Crippen molar-refractivity contribution in [1.29, 1.82) is 0 Å². The van der Waals surface area contributed by atoms with Crippen LogP contribution in [0, 0.1) is 0 Å². The fraction of sp³-hybridized carbons (Fsp3) is 0.333. The maximum Gasteiger partial charge on any atom is 0.152 e. The zero-order valence-electron chi connectivity index (χ0n) is 6.07. The summed E-state index contributed by atoms with van der Waals surface area (Å²) in [6.45, 7) is 0. The van der Waals surface area contributed by atoms with Gasteiger partial charge in [-0.25, -0.2) is 0 Å². The molecule has 0 bridgehead atoms. The Balaban J connectivity index is 2.96. The van der Waals surface area contributed by atoms with Crippen LogP contribution in [-0.2, 0) is 0 Å². The van der Waals surface area contributed by atoms with Crippen LogP contribution in [0.1, 0.15) is 0 Å². The first kappa shape index (κ1) is 6.80. The van der Waals surface area contributed by atoms with Crippen LogP contribution in [0.3, 0.4) is 0 Å². The molecule has 0 aromatic carbocycles. The molecule has 0 spiro atoms. The molecule has 4 nitrogen and oxygen atoms in total. The molecule has 1 rings (SSSR count). The molecule has 1 aromatic rings. The summed E-state index contributed by atoms with van der Waals surface area (Å²) in [7, 11) is 3.78. The number of nitrogens with two attached hydrogens (primary N) is 1. The van der Waals surface area contributed by atoms with E-state index in [1.807, 2.05) is 19.0 Å². The van der Waals surface area contributed by atoms with Gasteiger partial charge in [0.25, 0.3) is 0 Å². The van der Waals surface area contributed by atoms with Gasteiger partial charge >= 0.3 is 0 Å². The second-order valence-corrected chi connectivity index (χ2v) is 2.24. The van der Waals surface area contributed by atoms with Gasteiger partial charge in [0.2, 0.25) is 0 Å². The third-order valence-corrected chi connectivity index (χ3v) is 1.12. The monoisotopic (exact) mass is 138 g/mol.